The number of hydrogen-bond donors (Lipinski definition) is 0. The van der Waals surface area contributed by atoms with Gasteiger partial charge < -0.3 is 4.90 Å². The molecule has 1 aliphatic rings. The van der Waals surface area contributed by atoms with Crippen LogP contribution in [-0.4, -0.2) is 47.7 Å². The fourth-order valence-electron chi connectivity index (χ4n) is 3.98. The Balaban J connectivity index is 1.89. The Morgan fingerprint density at radius 3 is 2.56 bits per heavy atom. The van der Waals surface area contributed by atoms with Crippen molar-refractivity contribution in [1.82, 2.24) is 9.80 Å². The highest BCUT2D eigenvalue weighted by Gasteiger charge is 2.33. The Morgan fingerprint density at radius 1 is 1.15 bits per heavy atom. The quantitative estimate of drug-likeness (QED) is 0.697. The summed E-state index contributed by atoms with van der Waals surface area (Å²) in [6.07, 6.45) is 2.83. The molecule has 1 saturated heterocycles. The second-order valence-electron chi connectivity index (χ2n) is 7.04. The monoisotopic (exact) mass is 364 g/mol. The standard InChI is InChI=1S/C23H28N2O2/c1-3-24(4-2)23(27)22-11-8-14-25(22)16-20-15-18(17-26)12-13-21(20)19-9-6-5-7-10-19/h5-7,9-10,12-13,15,17,22H,3-4,8,11,14,16H2,1-2H3. The number of amides is 1. The zero-order valence-corrected chi connectivity index (χ0v) is 16.2. The fraction of sp³-hybridized carbons (Fsp3) is 0.391. The molecule has 0 aromatic heterocycles. The van der Waals surface area contributed by atoms with E-state index in [1.165, 1.54) is 0 Å². The lowest BCUT2D eigenvalue weighted by atomic mass is 9.97. The van der Waals surface area contributed by atoms with E-state index in [-0.39, 0.29) is 11.9 Å². The third kappa shape index (κ3) is 4.28. The lowest BCUT2D eigenvalue weighted by Gasteiger charge is -2.29. The first-order chi connectivity index (χ1) is 13.2. The summed E-state index contributed by atoms with van der Waals surface area (Å²) < 4.78 is 0. The molecule has 0 bridgehead atoms. The summed E-state index contributed by atoms with van der Waals surface area (Å²) in [5, 5.41) is 0. The van der Waals surface area contributed by atoms with Gasteiger partial charge in [-0.3, -0.25) is 14.5 Å². The Labute approximate surface area is 161 Å². The van der Waals surface area contributed by atoms with Gasteiger partial charge in [-0.1, -0.05) is 42.5 Å². The molecule has 0 aliphatic carbocycles. The molecule has 4 nitrogen and oxygen atoms in total. The predicted molar refractivity (Wildman–Crippen MR) is 109 cm³/mol. The minimum absolute atomic E-state index is 0.0617. The van der Waals surface area contributed by atoms with Crippen LogP contribution in [0.3, 0.4) is 0 Å². The first kappa shape index (κ1) is 19.3. The number of rotatable bonds is 7. The Morgan fingerprint density at radius 2 is 1.89 bits per heavy atom. The van der Waals surface area contributed by atoms with Gasteiger partial charge in [-0.15, -0.1) is 0 Å². The van der Waals surface area contributed by atoms with Gasteiger partial charge in [-0.05, 0) is 56.0 Å². The number of likely N-dealkylation sites (N-methyl/N-ethyl adjacent to an activating group) is 1. The first-order valence-corrected chi connectivity index (χ1v) is 9.84. The van der Waals surface area contributed by atoms with Gasteiger partial charge in [-0.2, -0.15) is 0 Å². The molecule has 1 heterocycles. The zero-order valence-electron chi connectivity index (χ0n) is 16.2. The van der Waals surface area contributed by atoms with Crippen molar-refractivity contribution in [1.29, 1.82) is 0 Å². The Kier molecular flexibility index (Phi) is 6.40. The maximum atomic E-state index is 12.9. The lowest BCUT2D eigenvalue weighted by Crippen LogP contribution is -2.45. The van der Waals surface area contributed by atoms with Crippen molar-refractivity contribution < 1.29 is 9.59 Å². The highest BCUT2D eigenvalue weighted by Crippen LogP contribution is 2.29. The fourth-order valence-corrected chi connectivity index (χ4v) is 3.98. The molecule has 0 N–H and O–H groups in total. The molecular formula is C23H28N2O2. The van der Waals surface area contributed by atoms with E-state index < -0.39 is 0 Å². The van der Waals surface area contributed by atoms with E-state index in [0.717, 1.165) is 55.5 Å². The van der Waals surface area contributed by atoms with E-state index in [1.807, 2.05) is 55.1 Å². The molecule has 4 heteroatoms. The topological polar surface area (TPSA) is 40.6 Å². The van der Waals surface area contributed by atoms with Crippen molar-refractivity contribution in [2.45, 2.75) is 39.3 Å². The maximum Gasteiger partial charge on any atom is 0.239 e. The summed E-state index contributed by atoms with van der Waals surface area (Å²) in [4.78, 5) is 28.4. The summed E-state index contributed by atoms with van der Waals surface area (Å²) in [5.74, 6) is 0.227. The predicted octanol–water partition coefficient (Wildman–Crippen LogP) is 4.00. The molecule has 0 spiro atoms. The normalized spacial score (nSPS) is 17.0. The molecule has 2 aromatic rings. The average Bonchev–Trinajstić information content (AvgIpc) is 3.17. The molecule has 1 amide bonds. The van der Waals surface area contributed by atoms with E-state index in [4.69, 9.17) is 0 Å². The molecule has 2 aromatic carbocycles. The second kappa shape index (κ2) is 8.96. The summed E-state index contributed by atoms with van der Waals surface area (Å²) in [7, 11) is 0. The number of hydrogen-bond acceptors (Lipinski definition) is 3. The highest BCUT2D eigenvalue weighted by atomic mass is 16.2. The number of nitrogens with zero attached hydrogens (tertiary/aromatic N) is 2. The van der Waals surface area contributed by atoms with Crippen LogP contribution in [0.4, 0.5) is 0 Å². The highest BCUT2D eigenvalue weighted by molar-refractivity contribution is 5.82. The van der Waals surface area contributed by atoms with Gasteiger partial charge in [0.25, 0.3) is 0 Å². The molecule has 0 radical (unpaired) electrons. The van der Waals surface area contributed by atoms with Crippen LogP contribution in [0.25, 0.3) is 11.1 Å². The third-order valence-corrected chi connectivity index (χ3v) is 5.45. The van der Waals surface area contributed by atoms with Crippen molar-refractivity contribution in [2.24, 2.45) is 0 Å². The minimum Gasteiger partial charge on any atom is -0.342 e. The van der Waals surface area contributed by atoms with Crippen LogP contribution in [0.2, 0.25) is 0 Å². The molecule has 27 heavy (non-hydrogen) atoms. The summed E-state index contributed by atoms with van der Waals surface area (Å²) >= 11 is 0. The number of carbonyl (C=O) groups excluding carboxylic acids is 2. The molecule has 142 valence electrons. The van der Waals surface area contributed by atoms with Crippen LogP contribution in [0.15, 0.2) is 48.5 Å². The van der Waals surface area contributed by atoms with Crippen molar-refractivity contribution >= 4 is 12.2 Å². The van der Waals surface area contributed by atoms with Gasteiger partial charge in [0.15, 0.2) is 0 Å². The number of likely N-dealkylation sites (tertiary alicyclic amines) is 1. The van der Waals surface area contributed by atoms with Crippen molar-refractivity contribution in [3.63, 3.8) is 0 Å². The Bertz CT molecular complexity index is 784. The minimum atomic E-state index is -0.0617. The zero-order chi connectivity index (χ0) is 19.2. The van der Waals surface area contributed by atoms with Gasteiger partial charge in [0.2, 0.25) is 5.91 Å². The van der Waals surface area contributed by atoms with Gasteiger partial charge >= 0.3 is 0 Å². The lowest BCUT2D eigenvalue weighted by molar-refractivity contribution is -0.135. The van der Waals surface area contributed by atoms with Gasteiger partial charge in [0, 0.05) is 25.2 Å². The van der Waals surface area contributed by atoms with E-state index >= 15 is 0 Å². The van der Waals surface area contributed by atoms with Crippen LogP contribution < -0.4 is 0 Å². The van der Waals surface area contributed by atoms with Crippen molar-refractivity contribution in [3.05, 3.63) is 59.7 Å². The van der Waals surface area contributed by atoms with Crippen LogP contribution in [-0.2, 0) is 11.3 Å². The van der Waals surface area contributed by atoms with Crippen LogP contribution >= 0.6 is 0 Å². The van der Waals surface area contributed by atoms with Crippen LogP contribution in [0.5, 0.6) is 0 Å². The molecule has 1 unspecified atom stereocenters. The summed E-state index contributed by atoms with van der Waals surface area (Å²) in [5.41, 5.74) is 4.04. The average molecular weight is 364 g/mol. The largest absolute Gasteiger partial charge is 0.342 e. The van der Waals surface area contributed by atoms with Gasteiger partial charge in [-0.25, -0.2) is 0 Å². The summed E-state index contributed by atoms with van der Waals surface area (Å²) in [6, 6.07) is 16.0. The summed E-state index contributed by atoms with van der Waals surface area (Å²) in [6.45, 7) is 7.15. The SMILES string of the molecule is CCN(CC)C(=O)C1CCCN1Cc1cc(C=O)ccc1-c1ccccc1. The van der Waals surface area contributed by atoms with E-state index in [1.54, 1.807) is 0 Å². The smallest absolute Gasteiger partial charge is 0.239 e. The molecular weight excluding hydrogens is 336 g/mol. The molecule has 0 saturated carbocycles. The first-order valence-electron chi connectivity index (χ1n) is 9.84. The number of carbonyl (C=O) groups is 2. The van der Waals surface area contributed by atoms with E-state index in [9.17, 15) is 9.59 Å². The molecule has 1 atom stereocenters. The van der Waals surface area contributed by atoms with Crippen molar-refractivity contribution in [2.75, 3.05) is 19.6 Å². The van der Waals surface area contributed by atoms with Gasteiger partial charge in [0.1, 0.15) is 6.29 Å². The van der Waals surface area contributed by atoms with Crippen LogP contribution in [0.1, 0.15) is 42.6 Å². The molecule has 3 rings (SSSR count). The maximum absolute atomic E-state index is 12.9. The van der Waals surface area contributed by atoms with E-state index in [2.05, 4.69) is 17.0 Å². The molecule has 1 aliphatic heterocycles. The second-order valence-corrected chi connectivity index (χ2v) is 7.04. The number of benzene rings is 2. The van der Waals surface area contributed by atoms with Crippen LogP contribution in [0, 0.1) is 0 Å². The van der Waals surface area contributed by atoms with E-state index in [0.29, 0.717) is 12.1 Å². The van der Waals surface area contributed by atoms with Crippen molar-refractivity contribution in [3.8, 4) is 11.1 Å². The Hall–Kier alpha value is -2.46. The molecule has 1 fully saturated rings. The number of aldehydes is 1. The third-order valence-electron chi connectivity index (χ3n) is 5.45. The van der Waals surface area contributed by atoms with Gasteiger partial charge in [0.05, 0.1) is 6.04 Å².